The fourth-order valence-corrected chi connectivity index (χ4v) is 4.32. The van der Waals surface area contributed by atoms with Gasteiger partial charge in [-0.25, -0.2) is 15.0 Å². The van der Waals surface area contributed by atoms with Gasteiger partial charge in [0, 0.05) is 50.8 Å². The Morgan fingerprint density at radius 1 is 1.12 bits per heavy atom. The molecular formula is C24H40IN7O. The SMILES string of the molecule is CCNC(=NCc1ccc(-n2ccnc2C)nc1)NCC(C(CC)CC)N1CCOCC1.I. The lowest BCUT2D eigenvalue weighted by molar-refractivity contribution is 0.00272. The Hall–Kier alpha value is -1.72. The topological polar surface area (TPSA) is 79.6 Å². The lowest BCUT2D eigenvalue weighted by atomic mass is 9.92. The zero-order chi connectivity index (χ0) is 22.8. The highest BCUT2D eigenvalue weighted by molar-refractivity contribution is 14.0. The van der Waals surface area contributed by atoms with Crippen LogP contribution in [0.1, 0.15) is 45.0 Å². The van der Waals surface area contributed by atoms with E-state index in [1.165, 1.54) is 12.8 Å². The Labute approximate surface area is 215 Å². The number of guanidine groups is 1. The Balaban J connectivity index is 0.00000385. The van der Waals surface area contributed by atoms with Gasteiger partial charge in [-0.1, -0.05) is 32.8 Å². The maximum Gasteiger partial charge on any atom is 0.191 e. The molecule has 3 heterocycles. The molecule has 1 unspecified atom stereocenters. The van der Waals surface area contributed by atoms with Crippen molar-refractivity contribution in [1.29, 1.82) is 0 Å². The van der Waals surface area contributed by atoms with Crippen LogP contribution in [0.4, 0.5) is 0 Å². The van der Waals surface area contributed by atoms with E-state index in [0.29, 0.717) is 18.5 Å². The zero-order valence-corrected chi connectivity index (χ0v) is 22.8. The van der Waals surface area contributed by atoms with Gasteiger partial charge in [-0.05, 0) is 31.4 Å². The van der Waals surface area contributed by atoms with E-state index in [-0.39, 0.29) is 24.0 Å². The lowest BCUT2D eigenvalue weighted by Gasteiger charge is -2.39. The van der Waals surface area contributed by atoms with Crippen molar-refractivity contribution in [1.82, 2.24) is 30.1 Å². The van der Waals surface area contributed by atoms with E-state index in [0.717, 1.165) is 62.6 Å². The number of morpholine rings is 1. The third kappa shape index (κ3) is 7.92. The molecule has 1 saturated heterocycles. The van der Waals surface area contributed by atoms with Crippen LogP contribution in [0.2, 0.25) is 0 Å². The summed E-state index contributed by atoms with van der Waals surface area (Å²) < 4.78 is 7.55. The molecule has 0 amide bonds. The Kier molecular flexibility index (Phi) is 12.1. The maximum atomic E-state index is 5.58. The molecule has 0 spiro atoms. The van der Waals surface area contributed by atoms with Gasteiger partial charge in [0.25, 0.3) is 0 Å². The number of aromatic nitrogens is 3. The molecule has 0 aromatic carbocycles. The number of hydrogen-bond acceptors (Lipinski definition) is 5. The average molecular weight is 570 g/mol. The summed E-state index contributed by atoms with van der Waals surface area (Å²) in [6.07, 6.45) is 7.97. The second-order valence-electron chi connectivity index (χ2n) is 8.24. The van der Waals surface area contributed by atoms with Gasteiger partial charge in [-0.2, -0.15) is 0 Å². The number of nitrogens with one attached hydrogen (secondary N) is 2. The van der Waals surface area contributed by atoms with Crippen molar-refractivity contribution in [3.05, 3.63) is 42.1 Å². The number of ether oxygens (including phenoxy) is 1. The van der Waals surface area contributed by atoms with E-state index in [4.69, 9.17) is 9.73 Å². The molecule has 1 aliphatic rings. The number of aliphatic imine (C=N–C) groups is 1. The van der Waals surface area contributed by atoms with Gasteiger partial charge in [0.05, 0.1) is 19.8 Å². The number of pyridine rings is 1. The van der Waals surface area contributed by atoms with Crippen molar-refractivity contribution >= 4 is 29.9 Å². The van der Waals surface area contributed by atoms with Crippen LogP contribution in [0.3, 0.4) is 0 Å². The summed E-state index contributed by atoms with van der Waals surface area (Å²) in [6, 6.07) is 4.58. The predicted octanol–water partition coefficient (Wildman–Crippen LogP) is 3.39. The molecule has 0 bridgehead atoms. The first-order valence-electron chi connectivity index (χ1n) is 11.9. The summed E-state index contributed by atoms with van der Waals surface area (Å²) in [7, 11) is 0. The second kappa shape index (κ2) is 14.5. The van der Waals surface area contributed by atoms with Crippen LogP contribution < -0.4 is 10.6 Å². The first kappa shape index (κ1) is 27.5. The molecule has 0 saturated carbocycles. The van der Waals surface area contributed by atoms with Gasteiger partial charge in [-0.3, -0.25) is 9.47 Å². The van der Waals surface area contributed by atoms with Crippen LogP contribution in [0.15, 0.2) is 35.7 Å². The van der Waals surface area contributed by atoms with Crippen molar-refractivity contribution in [2.24, 2.45) is 10.9 Å². The summed E-state index contributed by atoms with van der Waals surface area (Å²) in [4.78, 5) is 16.2. The Bertz CT molecular complexity index is 830. The van der Waals surface area contributed by atoms with Gasteiger partial charge in [0.15, 0.2) is 5.96 Å². The van der Waals surface area contributed by atoms with Crippen molar-refractivity contribution in [3.63, 3.8) is 0 Å². The second-order valence-corrected chi connectivity index (χ2v) is 8.24. The van der Waals surface area contributed by atoms with Crippen molar-refractivity contribution in [2.75, 3.05) is 39.4 Å². The summed E-state index contributed by atoms with van der Waals surface area (Å²) in [5, 5.41) is 6.99. The number of hydrogen-bond donors (Lipinski definition) is 2. The number of halogens is 1. The molecule has 184 valence electrons. The highest BCUT2D eigenvalue weighted by Gasteiger charge is 2.27. The van der Waals surface area contributed by atoms with Gasteiger partial charge in [-0.15, -0.1) is 24.0 Å². The first-order valence-corrected chi connectivity index (χ1v) is 11.9. The number of aryl methyl sites for hydroxylation is 1. The number of imidazole rings is 1. The molecule has 0 aliphatic carbocycles. The standard InChI is InChI=1S/C24H39N7O.HI/c1-5-21(6-2)22(30-12-14-32-15-13-30)18-29-24(25-7-3)28-17-20-8-9-23(27-16-20)31-11-10-26-19(31)4;/h8-11,16,21-22H,5-7,12-15,17-18H2,1-4H3,(H2,25,28,29);1H. The molecule has 33 heavy (non-hydrogen) atoms. The molecule has 1 fully saturated rings. The van der Waals surface area contributed by atoms with Crippen LogP contribution >= 0.6 is 24.0 Å². The summed E-state index contributed by atoms with van der Waals surface area (Å²) >= 11 is 0. The molecule has 2 aromatic heterocycles. The molecule has 1 aliphatic heterocycles. The van der Waals surface area contributed by atoms with Gasteiger partial charge in [0.1, 0.15) is 11.6 Å². The van der Waals surface area contributed by atoms with E-state index in [1.807, 2.05) is 30.0 Å². The smallest absolute Gasteiger partial charge is 0.191 e. The average Bonchev–Trinajstić information content (AvgIpc) is 3.26. The van der Waals surface area contributed by atoms with E-state index in [9.17, 15) is 0 Å². The van der Waals surface area contributed by atoms with E-state index in [1.54, 1.807) is 6.20 Å². The quantitative estimate of drug-likeness (QED) is 0.260. The summed E-state index contributed by atoms with van der Waals surface area (Å²) in [5.41, 5.74) is 1.08. The molecule has 0 radical (unpaired) electrons. The molecule has 8 nitrogen and oxygen atoms in total. The van der Waals surface area contributed by atoms with E-state index in [2.05, 4.69) is 52.3 Å². The maximum absolute atomic E-state index is 5.58. The van der Waals surface area contributed by atoms with Crippen LogP contribution in [0.5, 0.6) is 0 Å². The molecule has 2 N–H and O–H groups in total. The summed E-state index contributed by atoms with van der Waals surface area (Å²) in [5.74, 6) is 3.31. The minimum Gasteiger partial charge on any atom is -0.379 e. The highest BCUT2D eigenvalue weighted by Crippen LogP contribution is 2.19. The van der Waals surface area contributed by atoms with Gasteiger partial charge in [0.2, 0.25) is 0 Å². The summed E-state index contributed by atoms with van der Waals surface area (Å²) in [6.45, 7) is 14.6. The third-order valence-electron chi connectivity index (χ3n) is 6.23. The third-order valence-corrected chi connectivity index (χ3v) is 6.23. The Morgan fingerprint density at radius 2 is 1.88 bits per heavy atom. The molecule has 9 heteroatoms. The fourth-order valence-electron chi connectivity index (χ4n) is 4.32. The Morgan fingerprint density at radius 3 is 2.45 bits per heavy atom. The number of nitrogens with zero attached hydrogens (tertiary/aromatic N) is 5. The van der Waals surface area contributed by atoms with Crippen molar-refractivity contribution < 1.29 is 4.74 Å². The minimum absolute atomic E-state index is 0. The van der Waals surface area contributed by atoms with E-state index < -0.39 is 0 Å². The lowest BCUT2D eigenvalue weighted by Crippen LogP contribution is -2.53. The molecule has 2 aromatic rings. The largest absolute Gasteiger partial charge is 0.379 e. The van der Waals surface area contributed by atoms with Gasteiger partial charge >= 0.3 is 0 Å². The fraction of sp³-hybridized carbons (Fsp3) is 0.625. The number of rotatable bonds is 10. The van der Waals surface area contributed by atoms with Crippen LogP contribution in [-0.4, -0.2) is 70.8 Å². The minimum atomic E-state index is 0. The normalized spacial score (nSPS) is 15.8. The predicted molar refractivity (Wildman–Crippen MR) is 145 cm³/mol. The molecular weight excluding hydrogens is 529 g/mol. The van der Waals surface area contributed by atoms with Crippen LogP contribution in [0.25, 0.3) is 5.82 Å². The van der Waals surface area contributed by atoms with Crippen LogP contribution in [0, 0.1) is 12.8 Å². The van der Waals surface area contributed by atoms with E-state index >= 15 is 0 Å². The van der Waals surface area contributed by atoms with Crippen molar-refractivity contribution in [2.45, 2.75) is 53.1 Å². The zero-order valence-electron chi connectivity index (χ0n) is 20.5. The van der Waals surface area contributed by atoms with Gasteiger partial charge < -0.3 is 15.4 Å². The monoisotopic (exact) mass is 569 g/mol. The molecule has 3 rings (SSSR count). The molecule has 1 atom stereocenters. The van der Waals surface area contributed by atoms with Crippen LogP contribution in [-0.2, 0) is 11.3 Å². The van der Waals surface area contributed by atoms with Crippen molar-refractivity contribution in [3.8, 4) is 5.82 Å². The highest BCUT2D eigenvalue weighted by atomic mass is 127. The first-order chi connectivity index (χ1) is 15.7.